The number of unbranched alkanes of at least 4 members (excludes halogenated alkanes) is 35. The third-order valence-corrected chi connectivity index (χ3v) is 18.3. The Morgan fingerprint density at radius 2 is 0.728 bits per heavy atom. The van der Waals surface area contributed by atoms with Crippen LogP contribution in [0.4, 0.5) is 0 Å². The van der Waals surface area contributed by atoms with E-state index in [0.717, 1.165) is 57.8 Å². The zero-order valence-corrected chi connectivity index (χ0v) is 57.0. The molecule has 0 aliphatic carbocycles. The molecule has 19 nitrogen and oxygen atoms in total. The highest BCUT2D eigenvalue weighted by atomic mass is 16.8. The minimum Gasteiger partial charge on any atom is -0.394 e. The molecule has 92 heavy (non-hydrogen) atoms. The van der Waals surface area contributed by atoms with Crippen LogP contribution in [0.3, 0.4) is 0 Å². The molecule has 17 atom stereocenters. The number of nitrogens with one attached hydrogen (secondary N) is 1. The van der Waals surface area contributed by atoms with E-state index in [-0.39, 0.29) is 18.9 Å². The van der Waals surface area contributed by atoms with E-state index in [9.17, 15) is 61.0 Å². The minimum absolute atomic E-state index is 0.230. The predicted octanol–water partition coefficient (Wildman–Crippen LogP) is 10.6. The van der Waals surface area contributed by atoms with Gasteiger partial charge in [-0.1, -0.05) is 255 Å². The van der Waals surface area contributed by atoms with Crippen LogP contribution in [-0.2, 0) is 33.2 Å². The van der Waals surface area contributed by atoms with Crippen LogP contribution in [0, 0.1) is 0 Å². The van der Waals surface area contributed by atoms with Crippen molar-refractivity contribution >= 4 is 5.91 Å². The second-order valence-corrected chi connectivity index (χ2v) is 26.4. The predicted molar refractivity (Wildman–Crippen MR) is 360 cm³/mol. The number of hydrogen-bond acceptors (Lipinski definition) is 18. The Hall–Kier alpha value is -2.25. The topological polar surface area (TPSA) is 307 Å². The molecule has 3 fully saturated rings. The molecule has 0 spiro atoms. The van der Waals surface area contributed by atoms with Gasteiger partial charge in [0.15, 0.2) is 18.9 Å². The van der Waals surface area contributed by atoms with Gasteiger partial charge in [0.1, 0.15) is 73.2 Å². The molecule has 538 valence electrons. The highest BCUT2D eigenvalue weighted by Gasteiger charge is 2.53. The lowest BCUT2D eigenvalue weighted by Crippen LogP contribution is -2.66. The molecule has 0 radical (unpaired) electrons. The van der Waals surface area contributed by atoms with E-state index in [4.69, 9.17) is 28.4 Å². The van der Waals surface area contributed by atoms with Crippen LogP contribution < -0.4 is 5.32 Å². The van der Waals surface area contributed by atoms with Gasteiger partial charge >= 0.3 is 0 Å². The highest BCUT2D eigenvalue weighted by molar-refractivity contribution is 5.76. The summed E-state index contributed by atoms with van der Waals surface area (Å²) in [5.41, 5.74) is 0. The average Bonchev–Trinajstić information content (AvgIpc) is 0.838. The molecule has 0 aromatic carbocycles. The minimum atomic E-state index is -1.98. The largest absolute Gasteiger partial charge is 0.394 e. The van der Waals surface area contributed by atoms with Gasteiger partial charge in [0, 0.05) is 6.42 Å². The quantitative estimate of drug-likeness (QED) is 0.0199. The van der Waals surface area contributed by atoms with E-state index >= 15 is 0 Å². The zero-order chi connectivity index (χ0) is 66.8. The van der Waals surface area contributed by atoms with Gasteiger partial charge in [-0.2, -0.15) is 0 Å². The van der Waals surface area contributed by atoms with Crippen molar-refractivity contribution in [1.29, 1.82) is 0 Å². The molecular weight excluding hydrogens is 1180 g/mol. The number of carbonyl (C=O) groups is 1. The summed E-state index contributed by atoms with van der Waals surface area (Å²) in [5, 5.41) is 121. The van der Waals surface area contributed by atoms with Gasteiger partial charge in [0.25, 0.3) is 0 Å². The van der Waals surface area contributed by atoms with Crippen molar-refractivity contribution in [3.05, 3.63) is 48.6 Å². The molecule has 17 unspecified atom stereocenters. The molecule has 3 rings (SSSR count). The normalized spacial score (nSPS) is 27.9. The van der Waals surface area contributed by atoms with Gasteiger partial charge in [-0.05, 0) is 64.2 Å². The van der Waals surface area contributed by atoms with Crippen molar-refractivity contribution in [3.63, 3.8) is 0 Å². The first-order valence-corrected chi connectivity index (χ1v) is 36.9. The summed E-state index contributed by atoms with van der Waals surface area (Å²) in [6, 6.07) is -0.994. The molecule has 19 heteroatoms. The molecule has 3 heterocycles. The Morgan fingerprint density at radius 3 is 1.15 bits per heavy atom. The summed E-state index contributed by atoms with van der Waals surface area (Å²) in [4.78, 5) is 13.4. The molecule has 0 bridgehead atoms. The summed E-state index contributed by atoms with van der Waals surface area (Å²) in [6.45, 7) is 1.73. The lowest BCUT2D eigenvalue weighted by Gasteiger charge is -2.48. The van der Waals surface area contributed by atoms with Gasteiger partial charge in [-0.25, -0.2) is 0 Å². The fourth-order valence-electron chi connectivity index (χ4n) is 12.4. The van der Waals surface area contributed by atoms with Crippen molar-refractivity contribution in [1.82, 2.24) is 5.32 Å². The second-order valence-electron chi connectivity index (χ2n) is 26.4. The number of aliphatic hydroxyl groups is 11. The lowest BCUT2D eigenvalue weighted by molar-refractivity contribution is -0.379. The number of amides is 1. The number of carbonyl (C=O) groups excluding carboxylic acids is 1. The van der Waals surface area contributed by atoms with Crippen molar-refractivity contribution in [2.75, 3.05) is 26.4 Å². The number of aliphatic hydroxyl groups excluding tert-OH is 11. The second kappa shape index (κ2) is 54.7. The first-order chi connectivity index (χ1) is 44.8. The van der Waals surface area contributed by atoms with Gasteiger partial charge in [0.05, 0.1) is 38.6 Å². The van der Waals surface area contributed by atoms with Crippen LogP contribution >= 0.6 is 0 Å². The van der Waals surface area contributed by atoms with Gasteiger partial charge in [-0.15, -0.1) is 0 Å². The Bertz CT molecular complexity index is 1860. The molecular formula is C73H133NO18. The molecule has 3 saturated heterocycles. The lowest BCUT2D eigenvalue weighted by atomic mass is 9.96. The monoisotopic (exact) mass is 1310 g/mol. The maximum absolute atomic E-state index is 13.4. The molecule has 0 saturated carbocycles. The van der Waals surface area contributed by atoms with E-state index in [1.165, 1.54) is 186 Å². The van der Waals surface area contributed by atoms with Crippen LogP contribution in [0.2, 0.25) is 0 Å². The first kappa shape index (κ1) is 84.0. The van der Waals surface area contributed by atoms with Gasteiger partial charge < -0.3 is 89.9 Å². The molecule has 1 amide bonds. The molecule has 12 N–H and O–H groups in total. The highest BCUT2D eigenvalue weighted by Crippen LogP contribution is 2.33. The van der Waals surface area contributed by atoms with Crippen LogP contribution in [0.5, 0.6) is 0 Å². The Kier molecular flexibility index (Phi) is 50.0. The van der Waals surface area contributed by atoms with Crippen molar-refractivity contribution in [2.45, 2.75) is 381 Å². The summed E-state index contributed by atoms with van der Waals surface area (Å²) < 4.78 is 34.4. The third kappa shape index (κ3) is 35.8. The fraction of sp³-hybridized carbons (Fsp3) is 0.877. The molecule has 0 aromatic rings. The fourth-order valence-corrected chi connectivity index (χ4v) is 12.4. The SMILES string of the molecule is CCCCCCC/C=C\C/C=C\CCCCCCCCCCCC(=O)NC(COC1OC(CO)C(OC2OC(CO)C(OC3OC(CO)C(O)C(O)C3O)C(O)C2O)C(O)C1O)C(O)/C=C/CC/C=C/CCCCCCCCCCCCCCCCCCCCCC. The summed E-state index contributed by atoms with van der Waals surface area (Å²) in [6.07, 6.45) is 39.5. The number of hydrogen-bond donors (Lipinski definition) is 12. The maximum atomic E-state index is 13.4. The van der Waals surface area contributed by atoms with Crippen LogP contribution in [-0.4, -0.2) is 193 Å². The Morgan fingerprint density at radius 1 is 0.391 bits per heavy atom. The number of ether oxygens (including phenoxy) is 6. The molecule has 3 aliphatic rings. The van der Waals surface area contributed by atoms with Crippen molar-refractivity contribution < 1.29 is 89.4 Å². The Labute approximate surface area is 554 Å². The summed E-state index contributed by atoms with van der Waals surface area (Å²) in [5.74, 6) is -0.288. The standard InChI is InChI=1S/C73H133NO18/c1-3-5-7-9-11-13-15-17-19-21-23-25-26-27-28-29-31-32-34-36-38-40-42-44-46-48-50-57(78)56(74-61(79)51-49-47-45-43-41-39-37-35-33-30-24-22-20-18-16-14-12-10-8-6-4-2)55-87-71-67(85)64(82)69(59(53-76)89-71)92-73-68(86)65(83)70(60(54-77)90-73)91-72-66(84)63(81)62(80)58(52-75)88-72/h16,18,22,24,40,42,48,50,56-60,62-73,75-78,80-86H,3-15,17,19-21,23,25-39,41,43-47,49,51-55H2,1-2H3,(H,74,79)/b18-16-,24-22-,42-40+,50-48+. The van der Waals surface area contributed by atoms with Crippen LogP contribution in [0.15, 0.2) is 48.6 Å². The smallest absolute Gasteiger partial charge is 0.220 e. The van der Waals surface area contributed by atoms with Gasteiger partial charge in [-0.3, -0.25) is 4.79 Å². The summed E-state index contributed by atoms with van der Waals surface area (Å²) in [7, 11) is 0. The van der Waals surface area contributed by atoms with Crippen molar-refractivity contribution in [3.8, 4) is 0 Å². The third-order valence-electron chi connectivity index (χ3n) is 18.3. The van der Waals surface area contributed by atoms with E-state index in [1.54, 1.807) is 6.08 Å². The zero-order valence-electron chi connectivity index (χ0n) is 57.0. The first-order valence-electron chi connectivity index (χ1n) is 36.9. The maximum Gasteiger partial charge on any atom is 0.220 e. The van der Waals surface area contributed by atoms with E-state index in [0.29, 0.717) is 12.8 Å². The van der Waals surface area contributed by atoms with Gasteiger partial charge in [0.2, 0.25) is 5.91 Å². The van der Waals surface area contributed by atoms with E-state index in [2.05, 4.69) is 55.6 Å². The average molecular weight is 1310 g/mol. The van der Waals surface area contributed by atoms with Crippen LogP contribution in [0.1, 0.15) is 277 Å². The number of allylic oxidation sites excluding steroid dienone is 7. The van der Waals surface area contributed by atoms with E-state index < -0.39 is 124 Å². The molecule has 3 aliphatic heterocycles. The number of rotatable bonds is 57. The van der Waals surface area contributed by atoms with Crippen LogP contribution in [0.25, 0.3) is 0 Å². The summed E-state index contributed by atoms with van der Waals surface area (Å²) >= 11 is 0. The van der Waals surface area contributed by atoms with E-state index in [1.807, 2.05) is 6.08 Å². The Balaban J connectivity index is 1.43. The molecule has 0 aromatic heterocycles. The van der Waals surface area contributed by atoms with Crippen molar-refractivity contribution in [2.24, 2.45) is 0 Å².